The van der Waals surface area contributed by atoms with Crippen LogP contribution in [0.15, 0.2) is 46.9 Å². The minimum absolute atomic E-state index is 0.235. The lowest BCUT2D eigenvalue weighted by molar-refractivity contribution is -0.108. The highest BCUT2D eigenvalue weighted by Crippen LogP contribution is 2.31. The Labute approximate surface area is 112 Å². The van der Waals surface area contributed by atoms with Crippen LogP contribution in [-0.4, -0.2) is 6.29 Å². The molecule has 0 aliphatic heterocycles. The molecule has 0 heterocycles. The van der Waals surface area contributed by atoms with Crippen LogP contribution in [0.4, 0.5) is 8.78 Å². The van der Waals surface area contributed by atoms with Gasteiger partial charge >= 0.3 is 0 Å². The first-order valence-electron chi connectivity index (χ1n) is 5.28. The van der Waals surface area contributed by atoms with Gasteiger partial charge in [-0.2, -0.15) is 0 Å². The van der Waals surface area contributed by atoms with E-state index in [9.17, 15) is 13.6 Å². The Hall–Kier alpha value is -1.55. The number of aldehydes is 1. The second kappa shape index (κ2) is 5.40. The summed E-state index contributed by atoms with van der Waals surface area (Å²) >= 11 is 3.25. The number of rotatable bonds is 3. The molecule has 0 aliphatic carbocycles. The lowest BCUT2D eigenvalue weighted by Crippen LogP contribution is -2.06. The van der Waals surface area contributed by atoms with Crippen molar-refractivity contribution in [3.05, 3.63) is 69.7 Å². The van der Waals surface area contributed by atoms with Gasteiger partial charge in [0.2, 0.25) is 0 Å². The zero-order chi connectivity index (χ0) is 13.1. The third-order valence-corrected chi connectivity index (χ3v) is 3.39. The largest absolute Gasteiger partial charge is 0.302 e. The maximum absolute atomic E-state index is 13.7. The van der Waals surface area contributed by atoms with Gasteiger partial charge in [0, 0.05) is 10.0 Å². The van der Waals surface area contributed by atoms with Crippen LogP contribution in [0.2, 0.25) is 0 Å². The van der Waals surface area contributed by atoms with Crippen molar-refractivity contribution in [3.63, 3.8) is 0 Å². The predicted octanol–water partition coefficient (Wildman–Crippen LogP) is 4.06. The number of halogens is 3. The Morgan fingerprint density at radius 3 is 2.44 bits per heavy atom. The van der Waals surface area contributed by atoms with E-state index in [1.165, 1.54) is 30.3 Å². The molecule has 0 aliphatic rings. The van der Waals surface area contributed by atoms with Gasteiger partial charge < -0.3 is 4.79 Å². The molecule has 18 heavy (non-hydrogen) atoms. The molecule has 1 unspecified atom stereocenters. The molecule has 0 aromatic heterocycles. The second-order valence-electron chi connectivity index (χ2n) is 3.80. The number of benzene rings is 2. The molecule has 92 valence electrons. The SMILES string of the molecule is O=CC(c1ccccc1F)c1cc(F)ccc1Br. The fourth-order valence-corrected chi connectivity index (χ4v) is 2.29. The Bertz CT molecular complexity index is 584. The molecule has 0 radical (unpaired) electrons. The molecule has 0 spiro atoms. The fourth-order valence-electron chi connectivity index (χ4n) is 1.79. The zero-order valence-corrected chi connectivity index (χ0v) is 10.8. The van der Waals surface area contributed by atoms with Gasteiger partial charge in [0.15, 0.2) is 0 Å². The van der Waals surface area contributed by atoms with E-state index in [-0.39, 0.29) is 5.56 Å². The highest BCUT2D eigenvalue weighted by molar-refractivity contribution is 9.10. The monoisotopic (exact) mass is 310 g/mol. The molecular formula is C14H9BrF2O. The number of carbonyl (C=O) groups is 1. The van der Waals surface area contributed by atoms with Crippen LogP contribution in [0, 0.1) is 11.6 Å². The first-order valence-corrected chi connectivity index (χ1v) is 6.07. The summed E-state index contributed by atoms with van der Waals surface area (Å²) in [5.74, 6) is -1.77. The normalized spacial score (nSPS) is 12.2. The summed E-state index contributed by atoms with van der Waals surface area (Å²) in [4.78, 5) is 11.2. The Kier molecular flexibility index (Phi) is 3.87. The average molecular weight is 311 g/mol. The van der Waals surface area contributed by atoms with Crippen molar-refractivity contribution in [1.82, 2.24) is 0 Å². The van der Waals surface area contributed by atoms with E-state index in [1.54, 1.807) is 12.1 Å². The Balaban J connectivity index is 2.56. The van der Waals surface area contributed by atoms with E-state index in [0.29, 0.717) is 16.3 Å². The summed E-state index contributed by atoms with van der Waals surface area (Å²) in [7, 11) is 0. The predicted molar refractivity (Wildman–Crippen MR) is 68.4 cm³/mol. The van der Waals surface area contributed by atoms with Crippen molar-refractivity contribution >= 4 is 22.2 Å². The van der Waals surface area contributed by atoms with Gasteiger partial charge in [-0.3, -0.25) is 0 Å². The molecule has 2 rings (SSSR count). The van der Waals surface area contributed by atoms with Crippen molar-refractivity contribution in [2.45, 2.75) is 5.92 Å². The van der Waals surface area contributed by atoms with Gasteiger partial charge in [-0.25, -0.2) is 8.78 Å². The topological polar surface area (TPSA) is 17.1 Å². The molecule has 0 fully saturated rings. The lowest BCUT2D eigenvalue weighted by Gasteiger charge is -2.14. The smallest absolute Gasteiger partial charge is 0.132 e. The van der Waals surface area contributed by atoms with Crippen LogP contribution in [0.5, 0.6) is 0 Å². The van der Waals surface area contributed by atoms with Gasteiger partial charge in [0.1, 0.15) is 17.9 Å². The first kappa shape index (κ1) is 12.9. The van der Waals surface area contributed by atoms with Crippen molar-refractivity contribution in [2.24, 2.45) is 0 Å². The standard InChI is InChI=1S/C14H9BrF2O/c15-13-6-5-9(16)7-11(13)12(8-18)10-3-1-2-4-14(10)17/h1-8,12H. The molecule has 2 aromatic rings. The molecule has 0 saturated heterocycles. The summed E-state index contributed by atoms with van der Waals surface area (Å²) in [6.07, 6.45) is 0.609. The van der Waals surface area contributed by atoms with E-state index in [0.717, 1.165) is 0 Å². The van der Waals surface area contributed by atoms with Gasteiger partial charge in [-0.15, -0.1) is 0 Å². The summed E-state index contributed by atoms with van der Waals surface area (Å²) in [5.41, 5.74) is 0.647. The highest BCUT2D eigenvalue weighted by Gasteiger charge is 2.19. The number of carbonyl (C=O) groups excluding carboxylic acids is 1. The summed E-state index contributed by atoms with van der Waals surface area (Å²) in [6, 6.07) is 9.99. The Morgan fingerprint density at radius 1 is 1.06 bits per heavy atom. The summed E-state index contributed by atoms with van der Waals surface area (Å²) in [5, 5.41) is 0. The van der Waals surface area contributed by atoms with Gasteiger partial charge in [0.25, 0.3) is 0 Å². The van der Waals surface area contributed by atoms with Crippen LogP contribution in [0.1, 0.15) is 17.0 Å². The average Bonchev–Trinajstić information content (AvgIpc) is 2.36. The van der Waals surface area contributed by atoms with Crippen LogP contribution in [0.25, 0.3) is 0 Å². The minimum atomic E-state index is -0.823. The highest BCUT2D eigenvalue weighted by atomic mass is 79.9. The van der Waals surface area contributed by atoms with Crippen molar-refractivity contribution < 1.29 is 13.6 Å². The van der Waals surface area contributed by atoms with Gasteiger partial charge in [-0.1, -0.05) is 34.1 Å². The van der Waals surface area contributed by atoms with E-state index in [2.05, 4.69) is 15.9 Å². The summed E-state index contributed by atoms with van der Waals surface area (Å²) < 4.78 is 27.5. The quantitative estimate of drug-likeness (QED) is 0.781. The number of hydrogen-bond acceptors (Lipinski definition) is 1. The minimum Gasteiger partial charge on any atom is -0.302 e. The molecule has 4 heteroatoms. The lowest BCUT2D eigenvalue weighted by atomic mass is 9.92. The van der Waals surface area contributed by atoms with Gasteiger partial charge in [0.05, 0.1) is 5.92 Å². The van der Waals surface area contributed by atoms with E-state index < -0.39 is 17.6 Å². The zero-order valence-electron chi connectivity index (χ0n) is 9.24. The van der Waals surface area contributed by atoms with Crippen molar-refractivity contribution in [3.8, 4) is 0 Å². The van der Waals surface area contributed by atoms with Crippen molar-refractivity contribution in [1.29, 1.82) is 0 Å². The molecule has 1 nitrogen and oxygen atoms in total. The Morgan fingerprint density at radius 2 is 1.78 bits per heavy atom. The van der Waals surface area contributed by atoms with E-state index in [4.69, 9.17) is 0 Å². The van der Waals surface area contributed by atoms with E-state index in [1.807, 2.05) is 0 Å². The molecule has 0 bridgehead atoms. The molecular weight excluding hydrogens is 302 g/mol. The molecule has 0 saturated carbocycles. The van der Waals surface area contributed by atoms with Gasteiger partial charge in [-0.05, 0) is 29.8 Å². The molecule has 1 atom stereocenters. The van der Waals surface area contributed by atoms with Crippen LogP contribution in [0.3, 0.4) is 0 Å². The van der Waals surface area contributed by atoms with Crippen LogP contribution >= 0.6 is 15.9 Å². The fraction of sp³-hybridized carbons (Fsp3) is 0.0714. The maximum Gasteiger partial charge on any atom is 0.132 e. The third-order valence-electron chi connectivity index (χ3n) is 2.67. The maximum atomic E-state index is 13.7. The van der Waals surface area contributed by atoms with E-state index >= 15 is 0 Å². The molecule has 2 aromatic carbocycles. The van der Waals surface area contributed by atoms with Crippen LogP contribution < -0.4 is 0 Å². The van der Waals surface area contributed by atoms with Crippen LogP contribution in [-0.2, 0) is 4.79 Å². The van der Waals surface area contributed by atoms with Crippen molar-refractivity contribution in [2.75, 3.05) is 0 Å². The second-order valence-corrected chi connectivity index (χ2v) is 4.66. The molecule has 0 N–H and O–H groups in total. The first-order chi connectivity index (χ1) is 8.63. The summed E-state index contributed by atoms with van der Waals surface area (Å²) in [6.45, 7) is 0. The third kappa shape index (κ3) is 2.48. The molecule has 0 amide bonds. The number of hydrogen-bond donors (Lipinski definition) is 0.